The van der Waals surface area contributed by atoms with Gasteiger partial charge in [0.25, 0.3) is 10.0 Å². The number of allylic oxidation sites excluding steroid dienone is 1. The van der Waals surface area contributed by atoms with Crippen LogP contribution in [-0.2, 0) is 16.6 Å². The summed E-state index contributed by atoms with van der Waals surface area (Å²) in [5.74, 6) is -0.793. The van der Waals surface area contributed by atoms with E-state index in [1.54, 1.807) is 30.3 Å². The maximum Gasteiger partial charge on any atom is 0.251 e. The van der Waals surface area contributed by atoms with Gasteiger partial charge in [-0.25, -0.2) is 13.1 Å². The number of nitriles is 1. The van der Waals surface area contributed by atoms with E-state index in [2.05, 4.69) is 20.7 Å². The van der Waals surface area contributed by atoms with Gasteiger partial charge >= 0.3 is 0 Å². The number of phenols is 2. The normalized spacial score (nSPS) is 11.9. The van der Waals surface area contributed by atoms with E-state index in [-0.39, 0.29) is 22.3 Å². The molecule has 0 aromatic heterocycles. The van der Waals surface area contributed by atoms with Gasteiger partial charge < -0.3 is 10.2 Å². The van der Waals surface area contributed by atoms with Crippen molar-refractivity contribution in [2.24, 2.45) is 0 Å². The molecular weight excluding hydrogens is 396 g/mol. The lowest BCUT2D eigenvalue weighted by molar-refractivity contribution is 0.401. The van der Waals surface area contributed by atoms with Gasteiger partial charge in [0.2, 0.25) is 0 Å². The van der Waals surface area contributed by atoms with Gasteiger partial charge in [0, 0.05) is 6.54 Å². The molecule has 2 rings (SSSR count). The summed E-state index contributed by atoms with van der Waals surface area (Å²) in [6.45, 7) is 0.0483. The molecule has 0 heterocycles. The Labute approximate surface area is 147 Å². The third-order valence-corrected chi connectivity index (χ3v) is 4.99. The van der Waals surface area contributed by atoms with Crippen LogP contribution in [0.15, 0.2) is 51.8 Å². The summed E-state index contributed by atoms with van der Waals surface area (Å²) in [6, 6.07) is 13.1. The van der Waals surface area contributed by atoms with Crippen molar-refractivity contribution in [2.45, 2.75) is 6.54 Å². The van der Waals surface area contributed by atoms with Crippen molar-refractivity contribution in [3.8, 4) is 17.6 Å². The summed E-state index contributed by atoms with van der Waals surface area (Å²) in [4.78, 5) is -0.504. The number of rotatable bonds is 5. The van der Waals surface area contributed by atoms with Crippen LogP contribution < -0.4 is 4.72 Å². The van der Waals surface area contributed by atoms with Crippen LogP contribution in [0.3, 0.4) is 0 Å². The summed E-state index contributed by atoms with van der Waals surface area (Å²) in [6.07, 6.45) is 1.11. The average molecular weight is 409 g/mol. The Balaban J connectivity index is 2.28. The minimum Gasteiger partial charge on any atom is -0.504 e. The van der Waals surface area contributed by atoms with E-state index in [0.717, 1.165) is 17.7 Å². The quantitative estimate of drug-likeness (QED) is 0.520. The molecule has 0 aliphatic heterocycles. The number of benzene rings is 2. The minimum absolute atomic E-state index is 0.0483. The molecule has 0 radical (unpaired) electrons. The van der Waals surface area contributed by atoms with E-state index in [1.807, 2.05) is 6.07 Å². The molecule has 24 heavy (non-hydrogen) atoms. The Morgan fingerprint density at radius 3 is 2.50 bits per heavy atom. The van der Waals surface area contributed by atoms with Crippen molar-refractivity contribution in [3.05, 3.63) is 63.0 Å². The van der Waals surface area contributed by atoms with Crippen molar-refractivity contribution < 1.29 is 18.6 Å². The van der Waals surface area contributed by atoms with Crippen LogP contribution in [0.25, 0.3) is 6.08 Å². The minimum atomic E-state index is -4.01. The summed E-state index contributed by atoms with van der Waals surface area (Å²) < 4.78 is 27.0. The van der Waals surface area contributed by atoms with Gasteiger partial charge in [0.05, 0.1) is 4.47 Å². The van der Waals surface area contributed by atoms with Gasteiger partial charge in [-0.15, -0.1) is 0 Å². The fraction of sp³-hybridized carbons (Fsp3) is 0.0625. The first-order valence-corrected chi connectivity index (χ1v) is 8.98. The lowest BCUT2D eigenvalue weighted by atomic mass is 10.2. The summed E-state index contributed by atoms with van der Waals surface area (Å²) in [5.41, 5.74) is 1.00. The molecule has 0 spiro atoms. The fourth-order valence-corrected chi connectivity index (χ4v) is 3.25. The first-order valence-electron chi connectivity index (χ1n) is 6.70. The van der Waals surface area contributed by atoms with E-state index < -0.39 is 20.7 Å². The van der Waals surface area contributed by atoms with Crippen molar-refractivity contribution in [2.75, 3.05) is 0 Å². The zero-order valence-electron chi connectivity index (χ0n) is 12.3. The Kier molecular flexibility index (Phi) is 5.62. The number of hydrogen-bond acceptors (Lipinski definition) is 5. The van der Waals surface area contributed by atoms with E-state index in [0.29, 0.717) is 0 Å². The van der Waals surface area contributed by atoms with Gasteiger partial charge in [0.1, 0.15) is 6.07 Å². The van der Waals surface area contributed by atoms with Crippen LogP contribution in [0.4, 0.5) is 0 Å². The van der Waals surface area contributed by atoms with Crippen LogP contribution in [0.1, 0.15) is 11.1 Å². The molecule has 124 valence electrons. The first kappa shape index (κ1) is 18.0. The Morgan fingerprint density at radius 1 is 1.25 bits per heavy atom. The maximum atomic E-state index is 12.3. The highest BCUT2D eigenvalue weighted by molar-refractivity contribution is 9.10. The van der Waals surface area contributed by atoms with Crippen LogP contribution in [-0.4, -0.2) is 18.6 Å². The zero-order valence-corrected chi connectivity index (χ0v) is 14.7. The third kappa shape index (κ3) is 4.35. The molecule has 0 atom stereocenters. The van der Waals surface area contributed by atoms with Crippen LogP contribution in [0.5, 0.6) is 11.5 Å². The van der Waals surface area contributed by atoms with Crippen molar-refractivity contribution in [3.63, 3.8) is 0 Å². The second-order valence-electron chi connectivity index (χ2n) is 4.80. The highest BCUT2D eigenvalue weighted by atomic mass is 79.9. The molecule has 0 fully saturated rings. The molecule has 8 heteroatoms. The second kappa shape index (κ2) is 7.49. The Bertz CT molecular complexity index is 896. The van der Waals surface area contributed by atoms with Crippen molar-refractivity contribution in [1.82, 2.24) is 4.72 Å². The number of phenolic OH excluding ortho intramolecular Hbond substituents is 2. The zero-order chi connectivity index (χ0) is 17.7. The van der Waals surface area contributed by atoms with Gasteiger partial charge in [-0.2, -0.15) is 5.26 Å². The van der Waals surface area contributed by atoms with Crippen LogP contribution in [0.2, 0.25) is 0 Å². The Morgan fingerprint density at radius 2 is 1.92 bits per heavy atom. The van der Waals surface area contributed by atoms with E-state index in [9.17, 15) is 18.6 Å². The molecule has 0 bridgehead atoms. The molecule has 2 aromatic carbocycles. The second-order valence-corrected chi connectivity index (χ2v) is 7.39. The molecule has 0 aliphatic carbocycles. The summed E-state index contributed by atoms with van der Waals surface area (Å²) >= 11 is 3.03. The molecule has 3 N–H and O–H groups in total. The standard InChI is InChI=1S/C16H13BrN2O4S/c17-14-7-12(8-15(20)16(14)21)6-13(9-18)24(22,23)19-10-11-4-2-1-3-5-11/h1-8,19-21H,10H2/b13-6+. The van der Waals surface area contributed by atoms with Gasteiger partial charge in [0.15, 0.2) is 16.4 Å². The van der Waals surface area contributed by atoms with Gasteiger partial charge in [-0.05, 0) is 45.3 Å². The predicted molar refractivity (Wildman–Crippen MR) is 93.3 cm³/mol. The first-order chi connectivity index (χ1) is 11.3. The monoisotopic (exact) mass is 408 g/mol. The third-order valence-electron chi connectivity index (χ3n) is 3.07. The molecule has 0 aliphatic rings. The number of nitrogens with one attached hydrogen (secondary N) is 1. The molecule has 0 amide bonds. The molecule has 0 saturated heterocycles. The largest absolute Gasteiger partial charge is 0.504 e. The van der Waals surface area contributed by atoms with E-state index in [1.165, 1.54) is 6.07 Å². The van der Waals surface area contributed by atoms with E-state index >= 15 is 0 Å². The topological polar surface area (TPSA) is 110 Å². The van der Waals surface area contributed by atoms with Crippen LogP contribution in [0, 0.1) is 11.3 Å². The number of sulfonamides is 1. The van der Waals surface area contributed by atoms with Gasteiger partial charge in [-0.3, -0.25) is 0 Å². The highest BCUT2D eigenvalue weighted by Gasteiger charge is 2.18. The average Bonchev–Trinajstić information content (AvgIpc) is 2.56. The Hall–Kier alpha value is -2.34. The molecule has 0 saturated carbocycles. The molecule has 0 unspecified atom stereocenters. The SMILES string of the molecule is N#C/C(=C\c1cc(O)c(O)c(Br)c1)S(=O)(=O)NCc1ccccc1. The molecular formula is C16H13BrN2O4S. The lowest BCUT2D eigenvalue weighted by Crippen LogP contribution is -2.24. The summed E-state index contributed by atoms with van der Waals surface area (Å²) in [5, 5.41) is 28.2. The predicted octanol–water partition coefficient (Wildman–Crippen LogP) is 2.84. The smallest absolute Gasteiger partial charge is 0.251 e. The highest BCUT2D eigenvalue weighted by Crippen LogP contribution is 2.35. The fourth-order valence-electron chi connectivity index (χ4n) is 1.86. The molecule has 6 nitrogen and oxygen atoms in total. The van der Waals surface area contributed by atoms with Crippen molar-refractivity contribution >= 4 is 32.0 Å². The summed E-state index contributed by atoms with van der Waals surface area (Å²) in [7, 11) is -4.01. The molecule has 2 aromatic rings. The van der Waals surface area contributed by atoms with Crippen LogP contribution >= 0.6 is 15.9 Å². The lowest BCUT2D eigenvalue weighted by Gasteiger charge is -2.07. The number of halogens is 1. The van der Waals surface area contributed by atoms with E-state index in [4.69, 9.17) is 5.26 Å². The number of hydrogen-bond donors (Lipinski definition) is 3. The van der Waals surface area contributed by atoms with Crippen molar-refractivity contribution in [1.29, 1.82) is 5.26 Å². The number of nitrogens with zero attached hydrogens (tertiary/aromatic N) is 1. The number of aromatic hydroxyl groups is 2. The maximum absolute atomic E-state index is 12.3. The van der Waals surface area contributed by atoms with Gasteiger partial charge in [-0.1, -0.05) is 30.3 Å².